The van der Waals surface area contributed by atoms with Crippen molar-refractivity contribution in [2.45, 2.75) is 4.75 Å². The molecule has 0 amide bonds. The van der Waals surface area contributed by atoms with Crippen molar-refractivity contribution < 1.29 is 26.7 Å². The number of carboxylic acid groups (broad SMARTS) is 1. The zero-order chi connectivity index (χ0) is 12.8. The maximum Gasteiger partial charge on any atom is 0.333 e. The largest absolute Gasteiger partial charge is 0.480 e. The van der Waals surface area contributed by atoms with Gasteiger partial charge >= 0.3 is 5.97 Å². The summed E-state index contributed by atoms with van der Waals surface area (Å²) in [6, 6.07) is 0. The predicted molar refractivity (Wildman–Crippen MR) is 59.9 cm³/mol. The third-order valence-corrected chi connectivity index (χ3v) is 6.31. The molecule has 0 aromatic carbocycles. The van der Waals surface area contributed by atoms with Gasteiger partial charge in [0, 0.05) is 12.5 Å². The molecule has 1 atom stereocenters. The van der Waals surface area contributed by atoms with Gasteiger partial charge in [-0.3, -0.25) is 4.79 Å². The minimum absolute atomic E-state index is 0.427. The second kappa shape index (κ2) is 3.70. The van der Waals surface area contributed by atoms with Crippen molar-refractivity contribution in [3.8, 4) is 0 Å². The van der Waals surface area contributed by atoms with E-state index in [1.807, 2.05) is 0 Å². The summed E-state index contributed by atoms with van der Waals surface area (Å²) in [5, 5.41) is 8.19. The molecule has 7 nitrogen and oxygen atoms in total. The Morgan fingerprint density at radius 2 is 1.88 bits per heavy atom. The van der Waals surface area contributed by atoms with Crippen LogP contribution in [-0.2, 0) is 24.5 Å². The van der Waals surface area contributed by atoms with Crippen molar-refractivity contribution in [1.29, 1.82) is 0 Å². The van der Waals surface area contributed by atoms with E-state index in [2.05, 4.69) is 4.40 Å². The first-order valence-corrected chi connectivity index (χ1v) is 8.59. The van der Waals surface area contributed by atoms with Crippen molar-refractivity contribution in [3.05, 3.63) is 0 Å². The molecule has 1 N–H and O–H groups in total. The Bertz CT molecular complexity index is 559. The Hall–Kier alpha value is -0.610. The number of hydrogen-bond donors (Lipinski definition) is 1. The van der Waals surface area contributed by atoms with E-state index in [0.717, 1.165) is 6.26 Å². The molecule has 0 aromatic heterocycles. The van der Waals surface area contributed by atoms with Crippen molar-refractivity contribution in [2.24, 2.45) is 4.40 Å². The lowest BCUT2D eigenvalue weighted by molar-refractivity contribution is -0.137. The van der Waals surface area contributed by atoms with Crippen molar-refractivity contribution in [1.82, 2.24) is 0 Å². The van der Waals surface area contributed by atoms with E-state index in [1.54, 1.807) is 0 Å². The fraction of sp³-hybridized carbons (Fsp3) is 0.667. The van der Waals surface area contributed by atoms with E-state index in [4.69, 9.17) is 5.11 Å². The second-order valence-electron chi connectivity index (χ2n) is 3.35. The summed E-state index contributed by atoms with van der Waals surface area (Å²) in [7, 11) is -8.10. The quantitative estimate of drug-likeness (QED) is 0.644. The standard InChI is InChI=1S/C6H9NO6S3/c1-15(10,11)4-6(5(8)9,3-14-7-4)16(2,12)13/h3H2,1-2H3,(H,8,9). The van der Waals surface area contributed by atoms with Gasteiger partial charge in [-0.25, -0.2) is 21.2 Å². The fourth-order valence-corrected chi connectivity index (χ4v) is 6.25. The summed E-state index contributed by atoms with van der Waals surface area (Å²) in [5.74, 6) is -2.15. The number of sulfone groups is 2. The van der Waals surface area contributed by atoms with Crippen molar-refractivity contribution in [2.75, 3.05) is 18.3 Å². The number of rotatable bonds is 2. The molecular formula is C6H9NO6S3. The van der Waals surface area contributed by atoms with Gasteiger partial charge in [0.25, 0.3) is 0 Å². The maximum absolute atomic E-state index is 11.5. The lowest BCUT2D eigenvalue weighted by Crippen LogP contribution is -2.55. The number of carboxylic acids is 1. The van der Waals surface area contributed by atoms with Crippen LogP contribution in [0.3, 0.4) is 0 Å². The average Bonchev–Trinajstić information content (AvgIpc) is 2.44. The third-order valence-electron chi connectivity index (χ3n) is 2.09. The van der Waals surface area contributed by atoms with Gasteiger partial charge < -0.3 is 5.11 Å². The minimum Gasteiger partial charge on any atom is -0.480 e. The lowest BCUT2D eigenvalue weighted by atomic mass is 10.2. The molecule has 0 aliphatic carbocycles. The molecule has 0 saturated carbocycles. The molecule has 16 heavy (non-hydrogen) atoms. The Morgan fingerprint density at radius 1 is 1.38 bits per heavy atom. The van der Waals surface area contributed by atoms with Gasteiger partial charge in [-0.2, -0.15) is 0 Å². The Kier molecular flexibility index (Phi) is 3.12. The van der Waals surface area contributed by atoms with Crippen LogP contribution < -0.4 is 0 Å². The van der Waals surface area contributed by atoms with Gasteiger partial charge in [-0.05, 0) is 11.9 Å². The molecular weight excluding hydrogens is 278 g/mol. The topological polar surface area (TPSA) is 118 Å². The van der Waals surface area contributed by atoms with E-state index >= 15 is 0 Å². The predicted octanol–water partition coefficient (Wildman–Crippen LogP) is -1.04. The van der Waals surface area contributed by atoms with Crippen molar-refractivity contribution >= 4 is 42.6 Å². The SMILES string of the molecule is CS(=O)(=O)C1=NSCC1(C(=O)O)S(C)(=O)=O. The van der Waals surface area contributed by atoms with Gasteiger partial charge in [-0.1, -0.05) is 0 Å². The molecule has 1 aliphatic heterocycles. The van der Waals surface area contributed by atoms with Gasteiger partial charge in [0.2, 0.25) is 4.75 Å². The summed E-state index contributed by atoms with van der Waals surface area (Å²) >= 11 is 0.620. The zero-order valence-electron chi connectivity index (χ0n) is 8.37. The van der Waals surface area contributed by atoms with Crippen LogP contribution in [0.4, 0.5) is 0 Å². The second-order valence-corrected chi connectivity index (χ2v) is 8.25. The monoisotopic (exact) mass is 287 g/mol. The highest BCUT2D eigenvalue weighted by Gasteiger charge is 2.59. The summed E-state index contributed by atoms with van der Waals surface area (Å²) < 4.78 is 46.7. The van der Waals surface area contributed by atoms with Gasteiger partial charge in [0.15, 0.2) is 24.7 Å². The average molecular weight is 287 g/mol. The van der Waals surface area contributed by atoms with Gasteiger partial charge in [0.1, 0.15) is 0 Å². The van der Waals surface area contributed by atoms with Crippen LogP contribution in [0.1, 0.15) is 0 Å². The molecule has 1 heterocycles. The number of nitrogens with zero attached hydrogens (tertiary/aromatic N) is 1. The highest BCUT2D eigenvalue weighted by Crippen LogP contribution is 2.34. The summed E-state index contributed by atoms with van der Waals surface area (Å²) in [6.45, 7) is 0. The van der Waals surface area contributed by atoms with E-state index in [1.165, 1.54) is 0 Å². The normalized spacial score (nSPS) is 26.5. The minimum atomic E-state index is -4.13. The van der Waals surface area contributed by atoms with Crippen LogP contribution in [0.15, 0.2) is 4.40 Å². The Balaban J connectivity index is 3.61. The zero-order valence-corrected chi connectivity index (χ0v) is 10.8. The molecule has 0 saturated heterocycles. The first-order valence-electron chi connectivity index (χ1n) is 3.87. The smallest absolute Gasteiger partial charge is 0.333 e. The van der Waals surface area contributed by atoms with E-state index in [9.17, 15) is 21.6 Å². The molecule has 0 spiro atoms. The molecule has 1 unspecified atom stereocenters. The van der Waals surface area contributed by atoms with Crippen LogP contribution in [-0.4, -0.2) is 56.0 Å². The highest BCUT2D eigenvalue weighted by atomic mass is 32.2. The van der Waals surface area contributed by atoms with E-state index in [-0.39, 0.29) is 0 Å². The molecule has 0 bridgehead atoms. The Morgan fingerprint density at radius 3 is 2.12 bits per heavy atom. The van der Waals surface area contributed by atoms with Crippen molar-refractivity contribution in [3.63, 3.8) is 0 Å². The fourth-order valence-electron chi connectivity index (χ4n) is 1.26. The molecule has 0 aromatic rings. The van der Waals surface area contributed by atoms with Crippen LogP contribution in [0.5, 0.6) is 0 Å². The molecule has 92 valence electrons. The molecule has 10 heteroatoms. The highest BCUT2D eigenvalue weighted by molar-refractivity contribution is 8.12. The maximum atomic E-state index is 11.5. The third kappa shape index (κ3) is 1.84. The summed E-state index contributed by atoms with van der Waals surface area (Å²) in [4.78, 5) is 11.1. The van der Waals surface area contributed by atoms with Crippen LogP contribution in [0.25, 0.3) is 0 Å². The molecule has 1 rings (SSSR count). The van der Waals surface area contributed by atoms with Crippen LogP contribution in [0.2, 0.25) is 0 Å². The van der Waals surface area contributed by atoms with Crippen LogP contribution in [0, 0.1) is 0 Å². The number of hydrogen-bond acceptors (Lipinski definition) is 7. The summed E-state index contributed by atoms with van der Waals surface area (Å²) in [5.41, 5.74) is 0. The number of carbonyl (C=O) groups is 1. The number of aliphatic carboxylic acids is 1. The molecule has 0 radical (unpaired) electrons. The Labute approximate surface area is 96.9 Å². The van der Waals surface area contributed by atoms with E-state index < -0.39 is 41.2 Å². The lowest BCUT2D eigenvalue weighted by Gasteiger charge is -2.21. The van der Waals surface area contributed by atoms with E-state index in [0.29, 0.717) is 18.2 Å². The van der Waals surface area contributed by atoms with Gasteiger partial charge in [-0.15, -0.1) is 0 Å². The summed E-state index contributed by atoms with van der Waals surface area (Å²) in [6.07, 6.45) is 1.42. The molecule has 0 fully saturated rings. The molecule has 1 aliphatic rings. The first kappa shape index (κ1) is 13.5. The first-order chi connectivity index (χ1) is 7.03. The van der Waals surface area contributed by atoms with Gasteiger partial charge in [0.05, 0.1) is 5.75 Å². The van der Waals surface area contributed by atoms with Crippen LogP contribution >= 0.6 is 11.9 Å².